The maximum Gasteiger partial charge on any atom is 0.274 e. The number of nitro benzene ring substituents is 1. The highest BCUT2D eigenvalue weighted by atomic mass is 19.1. The van der Waals surface area contributed by atoms with Gasteiger partial charge < -0.3 is 10.6 Å². The van der Waals surface area contributed by atoms with E-state index in [9.17, 15) is 19.3 Å². The number of amides is 1. The molecule has 1 rings (SSSR count). The van der Waals surface area contributed by atoms with E-state index in [1.54, 1.807) is 6.08 Å². The van der Waals surface area contributed by atoms with Crippen molar-refractivity contribution in [1.82, 2.24) is 5.32 Å². The molecule has 0 heterocycles. The minimum atomic E-state index is -0.779. The number of non-ortho nitro benzene ring substituents is 1. The van der Waals surface area contributed by atoms with Crippen molar-refractivity contribution >= 4 is 17.3 Å². The Morgan fingerprint density at radius 3 is 2.83 bits per heavy atom. The second-order valence-corrected chi connectivity index (χ2v) is 3.42. The lowest BCUT2D eigenvalue weighted by atomic mass is 10.2. The third-order valence-corrected chi connectivity index (χ3v) is 1.95. The van der Waals surface area contributed by atoms with Gasteiger partial charge in [-0.1, -0.05) is 6.08 Å². The average molecular weight is 253 g/mol. The van der Waals surface area contributed by atoms with Crippen LogP contribution in [0.5, 0.6) is 0 Å². The first-order chi connectivity index (χ1) is 8.52. The van der Waals surface area contributed by atoms with Crippen LogP contribution >= 0.6 is 0 Å². The Morgan fingerprint density at radius 2 is 2.22 bits per heavy atom. The van der Waals surface area contributed by atoms with E-state index in [0.29, 0.717) is 6.54 Å². The number of hydrogen-bond donors (Lipinski definition) is 2. The number of carbonyl (C=O) groups is 1. The summed E-state index contributed by atoms with van der Waals surface area (Å²) in [5.74, 6) is -1.20. The third kappa shape index (κ3) is 4.30. The van der Waals surface area contributed by atoms with E-state index in [1.165, 1.54) is 0 Å². The fourth-order valence-electron chi connectivity index (χ4n) is 1.24. The number of nitro groups is 1. The lowest BCUT2D eigenvalue weighted by molar-refractivity contribution is -0.385. The van der Waals surface area contributed by atoms with E-state index >= 15 is 0 Å². The van der Waals surface area contributed by atoms with E-state index in [4.69, 9.17) is 0 Å². The largest absolute Gasteiger partial charge is 0.325 e. The Hall–Kier alpha value is -2.28. The summed E-state index contributed by atoms with van der Waals surface area (Å²) in [6.45, 7) is 3.93. The number of halogens is 1. The number of rotatable bonds is 6. The average Bonchev–Trinajstić information content (AvgIpc) is 2.28. The van der Waals surface area contributed by atoms with Crippen LogP contribution in [0, 0.1) is 15.9 Å². The summed E-state index contributed by atoms with van der Waals surface area (Å²) in [6, 6.07) is 2.89. The zero-order valence-electron chi connectivity index (χ0n) is 9.48. The van der Waals surface area contributed by atoms with Crippen molar-refractivity contribution in [3.05, 3.63) is 46.8 Å². The first kappa shape index (κ1) is 13.8. The maximum atomic E-state index is 13.1. The van der Waals surface area contributed by atoms with Gasteiger partial charge in [-0.15, -0.1) is 6.58 Å². The molecule has 0 aliphatic rings. The minimum Gasteiger partial charge on any atom is -0.325 e. The van der Waals surface area contributed by atoms with Crippen molar-refractivity contribution in [3.63, 3.8) is 0 Å². The highest BCUT2D eigenvalue weighted by molar-refractivity contribution is 5.92. The van der Waals surface area contributed by atoms with Crippen LogP contribution in [0.4, 0.5) is 15.8 Å². The molecule has 1 aromatic carbocycles. The lowest BCUT2D eigenvalue weighted by Gasteiger charge is -2.05. The van der Waals surface area contributed by atoms with Crippen LogP contribution in [-0.4, -0.2) is 23.9 Å². The molecular formula is C11H12FN3O3. The van der Waals surface area contributed by atoms with Gasteiger partial charge in [-0.2, -0.15) is 0 Å². The van der Waals surface area contributed by atoms with Crippen LogP contribution in [0.1, 0.15) is 0 Å². The monoisotopic (exact) mass is 253 g/mol. The molecule has 7 heteroatoms. The van der Waals surface area contributed by atoms with Gasteiger partial charge in [-0.05, 0) is 6.07 Å². The molecule has 0 aliphatic heterocycles. The molecule has 0 saturated carbocycles. The van der Waals surface area contributed by atoms with Crippen LogP contribution in [0.2, 0.25) is 0 Å². The Kier molecular flexibility index (Phi) is 4.94. The normalized spacial score (nSPS) is 9.83. The third-order valence-electron chi connectivity index (χ3n) is 1.95. The van der Waals surface area contributed by atoms with E-state index < -0.39 is 22.3 Å². The molecule has 0 radical (unpaired) electrons. The minimum absolute atomic E-state index is 0.0102. The number of anilines is 1. The standard InChI is InChI=1S/C11H12FN3O3/c1-2-3-13-7-11(16)14-9-4-8(12)5-10(6-9)15(17)18/h2,4-6,13H,1,3,7H2,(H,14,16). The van der Waals surface area contributed by atoms with Crippen molar-refractivity contribution in [3.8, 4) is 0 Å². The van der Waals surface area contributed by atoms with Crippen molar-refractivity contribution in [2.24, 2.45) is 0 Å². The topological polar surface area (TPSA) is 84.3 Å². The van der Waals surface area contributed by atoms with Gasteiger partial charge in [0.05, 0.1) is 23.2 Å². The Morgan fingerprint density at radius 1 is 1.50 bits per heavy atom. The first-order valence-electron chi connectivity index (χ1n) is 5.09. The van der Waals surface area contributed by atoms with E-state index in [1.807, 2.05) is 0 Å². The summed E-state index contributed by atoms with van der Waals surface area (Å²) in [7, 11) is 0. The summed E-state index contributed by atoms with van der Waals surface area (Å²) in [5.41, 5.74) is -0.364. The first-order valence-corrected chi connectivity index (χ1v) is 5.09. The molecule has 0 aromatic heterocycles. The fraction of sp³-hybridized carbons (Fsp3) is 0.182. The Balaban J connectivity index is 2.69. The molecule has 1 aromatic rings. The molecular weight excluding hydrogens is 241 g/mol. The summed E-state index contributed by atoms with van der Waals surface area (Å²) in [4.78, 5) is 21.2. The predicted molar refractivity (Wildman–Crippen MR) is 64.8 cm³/mol. The van der Waals surface area contributed by atoms with Gasteiger partial charge in [0.15, 0.2) is 0 Å². The summed E-state index contributed by atoms with van der Waals surface area (Å²) < 4.78 is 13.1. The summed E-state index contributed by atoms with van der Waals surface area (Å²) in [6.07, 6.45) is 1.58. The number of benzene rings is 1. The van der Waals surface area contributed by atoms with Crippen LogP contribution in [0.3, 0.4) is 0 Å². The van der Waals surface area contributed by atoms with Crippen LogP contribution in [0.25, 0.3) is 0 Å². The zero-order chi connectivity index (χ0) is 13.5. The van der Waals surface area contributed by atoms with Gasteiger partial charge in [0.25, 0.3) is 5.69 Å². The number of carbonyl (C=O) groups excluding carboxylic acids is 1. The lowest BCUT2D eigenvalue weighted by Crippen LogP contribution is -2.28. The maximum absolute atomic E-state index is 13.1. The highest BCUT2D eigenvalue weighted by Crippen LogP contribution is 2.19. The van der Waals surface area contributed by atoms with Crippen molar-refractivity contribution in [2.45, 2.75) is 0 Å². The van der Waals surface area contributed by atoms with Gasteiger partial charge in [0.1, 0.15) is 5.82 Å². The van der Waals surface area contributed by atoms with Gasteiger partial charge in [0.2, 0.25) is 5.91 Å². The van der Waals surface area contributed by atoms with Crippen LogP contribution in [0.15, 0.2) is 30.9 Å². The second kappa shape index (κ2) is 6.45. The molecule has 18 heavy (non-hydrogen) atoms. The second-order valence-electron chi connectivity index (χ2n) is 3.42. The number of hydrogen-bond acceptors (Lipinski definition) is 4. The molecule has 0 atom stereocenters. The van der Waals surface area contributed by atoms with Gasteiger partial charge >= 0.3 is 0 Å². The van der Waals surface area contributed by atoms with Crippen molar-refractivity contribution in [1.29, 1.82) is 0 Å². The predicted octanol–water partition coefficient (Wildman–Crippen LogP) is 1.45. The Labute approximate surface area is 103 Å². The van der Waals surface area contributed by atoms with Crippen LogP contribution in [-0.2, 0) is 4.79 Å². The molecule has 0 saturated heterocycles. The van der Waals surface area contributed by atoms with Crippen molar-refractivity contribution < 1.29 is 14.1 Å². The smallest absolute Gasteiger partial charge is 0.274 e. The van der Waals surface area contributed by atoms with Gasteiger partial charge in [0, 0.05) is 12.6 Å². The quantitative estimate of drug-likeness (QED) is 0.348. The fourth-order valence-corrected chi connectivity index (χ4v) is 1.24. The van der Waals surface area contributed by atoms with Crippen molar-refractivity contribution in [2.75, 3.05) is 18.4 Å². The molecule has 0 spiro atoms. The molecule has 6 nitrogen and oxygen atoms in total. The molecule has 0 unspecified atom stereocenters. The van der Waals surface area contributed by atoms with Gasteiger partial charge in [-0.25, -0.2) is 4.39 Å². The number of nitrogens with zero attached hydrogens (tertiary/aromatic N) is 1. The highest BCUT2D eigenvalue weighted by Gasteiger charge is 2.11. The molecule has 2 N–H and O–H groups in total. The summed E-state index contributed by atoms with van der Waals surface area (Å²) in [5, 5.41) is 15.6. The van der Waals surface area contributed by atoms with E-state index in [0.717, 1.165) is 18.2 Å². The summed E-state index contributed by atoms with van der Waals surface area (Å²) >= 11 is 0. The zero-order valence-corrected chi connectivity index (χ0v) is 9.48. The molecule has 1 amide bonds. The number of nitrogens with one attached hydrogen (secondary N) is 2. The van der Waals surface area contributed by atoms with Crippen LogP contribution < -0.4 is 10.6 Å². The SMILES string of the molecule is C=CCNCC(=O)Nc1cc(F)cc([N+](=O)[O-])c1. The van der Waals surface area contributed by atoms with Gasteiger partial charge in [-0.3, -0.25) is 14.9 Å². The molecule has 0 aliphatic carbocycles. The van der Waals surface area contributed by atoms with E-state index in [-0.39, 0.29) is 12.2 Å². The molecule has 96 valence electrons. The molecule has 0 fully saturated rings. The molecule has 0 bridgehead atoms. The Bertz CT molecular complexity index is 477. The van der Waals surface area contributed by atoms with E-state index in [2.05, 4.69) is 17.2 Å².